The third kappa shape index (κ3) is 60.3. The number of hydrogen-bond donors (Lipinski definition) is 0. The van der Waals surface area contributed by atoms with Gasteiger partial charge < -0.3 is 14.2 Å². The van der Waals surface area contributed by atoms with Crippen molar-refractivity contribution < 1.29 is 28.6 Å². The lowest BCUT2D eigenvalue weighted by Gasteiger charge is -2.18. The molecule has 1 unspecified atom stereocenters. The molecule has 0 spiro atoms. The van der Waals surface area contributed by atoms with Crippen LogP contribution in [-0.4, -0.2) is 37.2 Å². The predicted octanol–water partition coefficient (Wildman–Crippen LogP) is 21.0. The minimum atomic E-state index is -0.798. The van der Waals surface area contributed by atoms with Crippen LogP contribution in [0.15, 0.2) is 134 Å². The lowest BCUT2D eigenvalue weighted by Crippen LogP contribution is -2.30. The molecule has 424 valence electrons. The van der Waals surface area contributed by atoms with Gasteiger partial charge in [0, 0.05) is 19.3 Å². The van der Waals surface area contributed by atoms with Crippen LogP contribution in [0.4, 0.5) is 0 Å². The molecule has 0 aromatic carbocycles. The highest BCUT2D eigenvalue weighted by molar-refractivity contribution is 5.71. The highest BCUT2D eigenvalue weighted by Crippen LogP contribution is 2.14. The Morgan fingerprint density at radius 3 is 0.853 bits per heavy atom. The van der Waals surface area contributed by atoms with Crippen LogP contribution < -0.4 is 0 Å². The van der Waals surface area contributed by atoms with E-state index in [0.717, 1.165) is 135 Å². The van der Waals surface area contributed by atoms with Crippen molar-refractivity contribution in [3.05, 3.63) is 134 Å². The summed E-state index contributed by atoms with van der Waals surface area (Å²) in [5, 5.41) is 0. The fraction of sp³-hybridized carbons (Fsp3) is 0.638. The summed E-state index contributed by atoms with van der Waals surface area (Å²) in [4.78, 5) is 38.1. The normalized spacial score (nSPS) is 13.1. The summed E-state index contributed by atoms with van der Waals surface area (Å²) in [6.07, 6.45) is 87.4. The molecule has 1 atom stereocenters. The molecule has 0 aliphatic carbocycles. The Bertz CT molecular complexity index is 1620. The van der Waals surface area contributed by atoms with Crippen LogP contribution in [0, 0.1) is 0 Å². The number of unbranched alkanes of at least 4 members (excludes halogenated alkanes) is 21. The van der Waals surface area contributed by atoms with Gasteiger partial charge in [-0.25, -0.2) is 0 Å². The number of carbonyl (C=O) groups is 3. The minimum absolute atomic E-state index is 0.0937. The molecule has 0 aliphatic rings. The fourth-order valence-corrected chi connectivity index (χ4v) is 8.05. The van der Waals surface area contributed by atoms with E-state index in [2.05, 4.69) is 154 Å². The third-order valence-electron chi connectivity index (χ3n) is 12.6. The Hall–Kier alpha value is -4.45. The maximum Gasteiger partial charge on any atom is 0.306 e. The van der Waals surface area contributed by atoms with Gasteiger partial charge in [-0.1, -0.05) is 257 Å². The van der Waals surface area contributed by atoms with Crippen molar-refractivity contribution in [3.63, 3.8) is 0 Å². The van der Waals surface area contributed by atoms with Gasteiger partial charge >= 0.3 is 17.9 Å². The molecule has 0 amide bonds. The number of esters is 3. The van der Waals surface area contributed by atoms with Gasteiger partial charge in [0.15, 0.2) is 6.10 Å². The Morgan fingerprint density at radius 2 is 0.520 bits per heavy atom. The molecule has 0 saturated carbocycles. The first-order valence-electron chi connectivity index (χ1n) is 30.7. The Labute approximate surface area is 462 Å². The van der Waals surface area contributed by atoms with E-state index in [9.17, 15) is 14.4 Å². The van der Waals surface area contributed by atoms with Gasteiger partial charge in [-0.05, 0) is 122 Å². The second-order valence-electron chi connectivity index (χ2n) is 19.9. The molecule has 0 heterocycles. The summed E-state index contributed by atoms with van der Waals surface area (Å²) in [5.74, 6) is -0.940. The Balaban J connectivity index is 4.32. The van der Waals surface area contributed by atoms with E-state index in [1.165, 1.54) is 89.9 Å². The molecule has 0 aromatic rings. The maximum atomic E-state index is 12.8. The van der Waals surface area contributed by atoms with E-state index in [1.807, 2.05) is 0 Å². The molecule has 0 bridgehead atoms. The SMILES string of the molecule is CC/C=C\C/C=C\C/C=C\C/C=C\C/C=C\C/C=C\C/C=C\C/C=C\C/C=C\CCCCCC(=O)OCC(COC(=O)CCCCCCCCCCC)OC(=O)CCCCCCCCC/C=C\C/C=C\CCCCC. The van der Waals surface area contributed by atoms with Crippen LogP contribution >= 0.6 is 0 Å². The number of allylic oxidation sites excluding steroid dienone is 22. The van der Waals surface area contributed by atoms with Gasteiger partial charge in [0.05, 0.1) is 0 Å². The Kier molecular flexibility index (Phi) is 58.4. The zero-order valence-electron chi connectivity index (χ0n) is 48.5. The first kappa shape index (κ1) is 70.5. The van der Waals surface area contributed by atoms with Crippen molar-refractivity contribution in [3.8, 4) is 0 Å². The van der Waals surface area contributed by atoms with E-state index < -0.39 is 6.10 Å². The van der Waals surface area contributed by atoms with Crippen molar-refractivity contribution in [1.29, 1.82) is 0 Å². The monoisotopic (exact) mass is 1040 g/mol. The van der Waals surface area contributed by atoms with Crippen LogP contribution in [0.2, 0.25) is 0 Å². The van der Waals surface area contributed by atoms with Crippen LogP contribution in [-0.2, 0) is 28.6 Å². The number of rotatable bonds is 54. The maximum absolute atomic E-state index is 12.8. The molecular formula is C69H112O6. The van der Waals surface area contributed by atoms with Crippen molar-refractivity contribution >= 4 is 17.9 Å². The molecule has 6 nitrogen and oxygen atoms in total. The van der Waals surface area contributed by atoms with Gasteiger partial charge in [-0.3, -0.25) is 14.4 Å². The van der Waals surface area contributed by atoms with Gasteiger partial charge in [-0.2, -0.15) is 0 Å². The van der Waals surface area contributed by atoms with Crippen LogP contribution in [0.25, 0.3) is 0 Å². The summed E-state index contributed by atoms with van der Waals surface area (Å²) < 4.78 is 16.8. The second kappa shape index (κ2) is 62.1. The molecule has 0 aromatic heterocycles. The molecule has 0 N–H and O–H groups in total. The second-order valence-corrected chi connectivity index (χ2v) is 19.9. The molecule has 6 heteroatoms. The number of carbonyl (C=O) groups excluding carboxylic acids is 3. The van der Waals surface area contributed by atoms with E-state index >= 15 is 0 Å². The molecule has 75 heavy (non-hydrogen) atoms. The van der Waals surface area contributed by atoms with E-state index in [-0.39, 0.29) is 31.1 Å². The predicted molar refractivity (Wildman–Crippen MR) is 325 cm³/mol. The standard InChI is InChI=1S/C69H112O6/c1-4-7-10-13-16-19-21-23-25-27-28-29-30-31-32-33-34-35-36-37-38-39-40-42-43-45-47-50-53-56-59-62-68(71)74-65-66(64-73-67(70)61-58-55-52-49-18-15-12-9-6-3)75-69(72)63-60-57-54-51-48-46-44-41-26-24-22-20-17-14-11-8-5-2/h7,10,16-17,19-20,23-26,28-29,31-32,34-35,37-38,40,42,45,47,66H,4-6,8-9,11-15,18,21-22,27,30,33,36,39,41,43-44,46,48-65H2,1-3H3/b10-7-,19-16-,20-17-,25-23-,26-24-,29-28-,32-31-,35-34-,38-37-,42-40-,47-45-. The van der Waals surface area contributed by atoms with Gasteiger partial charge in [-0.15, -0.1) is 0 Å². The first-order chi connectivity index (χ1) is 37.0. The lowest BCUT2D eigenvalue weighted by atomic mass is 10.1. The highest BCUT2D eigenvalue weighted by Gasteiger charge is 2.19. The average molecular weight is 1040 g/mol. The summed E-state index contributed by atoms with van der Waals surface area (Å²) in [6, 6.07) is 0. The molecule has 0 fully saturated rings. The van der Waals surface area contributed by atoms with Gasteiger partial charge in [0.25, 0.3) is 0 Å². The van der Waals surface area contributed by atoms with Gasteiger partial charge in [0.2, 0.25) is 0 Å². The number of hydrogen-bond acceptors (Lipinski definition) is 6. The topological polar surface area (TPSA) is 78.9 Å². The largest absolute Gasteiger partial charge is 0.462 e. The average Bonchev–Trinajstić information content (AvgIpc) is 3.41. The summed E-state index contributed by atoms with van der Waals surface area (Å²) in [7, 11) is 0. The lowest BCUT2D eigenvalue weighted by molar-refractivity contribution is -0.167. The minimum Gasteiger partial charge on any atom is -0.462 e. The molecule has 0 rings (SSSR count). The number of ether oxygens (including phenoxy) is 3. The highest BCUT2D eigenvalue weighted by atomic mass is 16.6. The Morgan fingerprint density at radius 1 is 0.280 bits per heavy atom. The van der Waals surface area contributed by atoms with Crippen LogP contribution in [0.3, 0.4) is 0 Å². The first-order valence-corrected chi connectivity index (χ1v) is 30.7. The fourth-order valence-electron chi connectivity index (χ4n) is 8.05. The van der Waals surface area contributed by atoms with Crippen molar-refractivity contribution in [1.82, 2.24) is 0 Å². The zero-order valence-corrected chi connectivity index (χ0v) is 48.5. The molecule has 0 saturated heterocycles. The van der Waals surface area contributed by atoms with Crippen molar-refractivity contribution in [2.24, 2.45) is 0 Å². The molecule has 0 aliphatic heterocycles. The van der Waals surface area contributed by atoms with Crippen LogP contribution in [0.5, 0.6) is 0 Å². The van der Waals surface area contributed by atoms with Crippen molar-refractivity contribution in [2.75, 3.05) is 13.2 Å². The van der Waals surface area contributed by atoms with E-state index in [1.54, 1.807) is 0 Å². The smallest absolute Gasteiger partial charge is 0.306 e. The summed E-state index contributed by atoms with van der Waals surface area (Å²) in [5.41, 5.74) is 0. The van der Waals surface area contributed by atoms with E-state index in [0.29, 0.717) is 19.3 Å². The third-order valence-corrected chi connectivity index (χ3v) is 12.6. The zero-order chi connectivity index (χ0) is 54.3. The summed E-state index contributed by atoms with van der Waals surface area (Å²) in [6.45, 7) is 6.44. The van der Waals surface area contributed by atoms with E-state index in [4.69, 9.17) is 14.2 Å². The van der Waals surface area contributed by atoms with Gasteiger partial charge in [0.1, 0.15) is 13.2 Å². The van der Waals surface area contributed by atoms with Crippen molar-refractivity contribution in [2.45, 2.75) is 271 Å². The molecule has 0 radical (unpaired) electrons. The van der Waals surface area contributed by atoms with Crippen LogP contribution in [0.1, 0.15) is 265 Å². The summed E-state index contributed by atoms with van der Waals surface area (Å²) >= 11 is 0. The quantitative estimate of drug-likeness (QED) is 0.0261. The molecular weight excluding hydrogens is 925 g/mol.